The number of alkyl halides is 3. The van der Waals surface area contributed by atoms with Gasteiger partial charge >= 0.3 is 6.18 Å². The van der Waals surface area contributed by atoms with Crippen molar-refractivity contribution in [3.8, 4) is 0 Å². The van der Waals surface area contributed by atoms with Gasteiger partial charge in [0.05, 0.1) is 6.42 Å². The van der Waals surface area contributed by atoms with Crippen molar-refractivity contribution in [2.75, 3.05) is 13.6 Å². The van der Waals surface area contributed by atoms with Crippen molar-refractivity contribution in [1.82, 2.24) is 4.90 Å². The minimum absolute atomic E-state index is 0.0842. The standard InChI is InChI=1S/C10H19F3N2/c1-15(6-5-10(11,12)13)9-4-2-3-8(14)7-9/h8-9H,2-7,14H2,1H3. The lowest BCUT2D eigenvalue weighted by atomic mass is 9.91. The topological polar surface area (TPSA) is 29.3 Å². The normalized spacial score (nSPS) is 28.4. The average molecular weight is 224 g/mol. The number of hydrogen-bond acceptors (Lipinski definition) is 2. The zero-order valence-corrected chi connectivity index (χ0v) is 9.06. The molecule has 0 aromatic carbocycles. The highest BCUT2D eigenvalue weighted by atomic mass is 19.4. The minimum Gasteiger partial charge on any atom is -0.328 e. The molecule has 2 atom stereocenters. The predicted molar refractivity (Wildman–Crippen MR) is 53.5 cm³/mol. The number of rotatable bonds is 3. The second kappa shape index (κ2) is 5.16. The summed E-state index contributed by atoms with van der Waals surface area (Å²) in [6.45, 7) is 0.0842. The molecule has 0 aliphatic heterocycles. The van der Waals surface area contributed by atoms with Crippen molar-refractivity contribution in [3.05, 3.63) is 0 Å². The van der Waals surface area contributed by atoms with E-state index in [9.17, 15) is 13.2 Å². The van der Waals surface area contributed by atoms with Crippen LogP contribution in [0.4, 0.5) is 13.2 Å². The smallest absolute Gasteiger partial charge is 0.328 e. The Hall–Kier alpha value is -0.290. The molecule has 0 amide bonds. The van der Waals surface area contributed by atoms with Crippen LogP contribution >= 0.6 is 0 Å². The Labute approximate surface area is 88.6 Å². The zero-order chi connectivity index (χ0) is 11.5. The van der Waals surface area contributed by atoms with Crippen LogP contribution < -0.4 is 5.73 Å². The fourth-order valence-corrected chi connectivity index (χ4v) is 2.09. The van der Waals surface area contributed by atoms with Gasteiger partial charge in [-0.1, -0.05) is 6.42 Å². The SMILES string of the molecule is CN(CCC(F)(F)F)C1CCCC(N)C1. The monoisotopic (exact) mass is 224 g/mol. The van der Waals surface area contributed by atoms with Gasteiger partial charge in [-0.05, 0) is 26.3 Å². The molecule has 2 nitrogen and oxygen atoms in total. The van der Waals surface area contributed by atoms with Crippen molar-refractivity contribution in [3.63, 3.8) is 0 Å². The number of nitrogens with zero attached hydrogens (tertiary/aromatic N) is 1. The Balaban J connectivity index is 2.29. The van der Waals surface area contributed by atoms with Crippen LogP contribution in [-0.2, 0) is 0 Å². The Kier molecular flexibility index (Phi) is 4.40. The van der Waals surface area contributed by atoms with Gasteiger partial charge in [0.15, 0.2) is 0 Å². The summed E-state index contributed by atoms with van der Waals surface area (Å²) < 4.78 is 36.0. The van der Waals surface area contributed by atoms with E-state index in [-0.39, 0.29) is 18.6 Å². The third-order valence-electron chi connectivity index (χ3n) is 3.06. The van der Waals surface area contributed by atoms with Crippen molar-refractivity contribution >= 4 is 0 Å². The molecular formula is C10H19F3N2. The largest absolute Gasteiger partial charge is 0.390 e. The van der Waals surface area contributed by atoms with E-state index < -0.39 is 12.6 Å². The molecule has 0 radical (unpaired) electrons. The second-order valence-electron chi connectivity index (χ2n) is 4.43. The Morgan fingerprint density at radius 3 is 2.53 bits per heavy atom. The highest BCUT2D eigenvalue weighted by molar-refractivity contribution is 4.80. The summed E-state index contributed by atoms with van der Waals surface area (Å²) >= 11 is 0. The summed E-state index contributed by atoms with van der Waals surface area (Å²) in [4.78, 5) is 1.80. The van der Waals surface area contributed by atoms with Crippen molar-refractivity contribution < 1.29 is 13.2 Å². The molecule has 5 heteroatoms. The van der Waals surface area contributed by atoms with E-state index in [1.807, 2.05) is 0 Å². The average Bonchev–Trinajstić information content (AvgIpc) is 2.13. The van der Waals surface area contributed by atoms with Gasteiger partial charge in [0, 0.05) is 18.6 Å². The maximum absolute atomic E-state index is 12.0. The van der Waals surface area contributed by atoms with Gasteiger partial charge < -0.3 is 10.6 Å². The molecular weight excluding hydrogens is 205 g/mol. The van der Waals surface area contributed by atoms with E-state index in [2.05, 4.69) is 0 Å². The van der Waals surface area contributed by atoms with E-state index in [0.717, 1.165) is 25.7 Å². The summed E-state index contributed by atoms with van der Waals surface area (Å²) in [5.41, 5.74) is 5.80. The highest BCUT2D eigenvalue weighted by Gasteiger charge is 2.29. The minimum atomic E-state index is -4.05. The molecule has 1 fully saturated rings. The lowest BCUT2D eigenvalue weighted by Crippen LogP contribution is -2.41. The molecule has 1 aliphatic carbocycles. The molecule has 1 rings (SSSR count). The van der Waals surface area contributed by atoms with Crippen LogP contribution in [0.2, 0.25) is 0 Å². The molecule has 1 saturated carbocycles. The lowest BCUT2D eigenvalue weighted by molar-refractivity contribution is -0.138. The molecule has 0 saturated heterocycles. The van der Waals surface area contributed by atoms with Gasteiger partial charge in [-0.3, -0.25) is 0 Å². The number of halogens is 3. The first-order chi connectivity index (χ1) is 6.88. The van der Waals surface area contributed by atoms with Gasteiger partial charge in [0.2, 0.25) is 0 Å². The summed E-state index contributed by atoms with van der Waals surface area (Å²) in [7, 11) is 1.76. The maximum atomic E-state index is 12.0. The van der Waals surface area contributed by atoms with Gasteiger partial charge in [-0.2, -0.15) is 13.2 Å². The molecule has 0 bridgehead atoms. The van der Waals surface area contributed by atoms with E-state index in [0.29, 0.717) is 0 Å². The van der Waals surface area contributed by atoms with Gasteiger partial charge in [0.1, 0.15) is 0 Å². The van der Waals surface area contributed by atoms with Crippen molar-refractivity contribution in [1.29, 1.82) is 0 Å². The summed E-state index contributed by atoms with van der Waals surface area (Å²) in [5, 5.41) is 0. The molecule has 90 valence electrons. The van der Waals surface area contributed by atoms with E-state index in [4.69, 9.17) is 5.73 Å². The van der Waals surface area contributed by atoms with E-state index in [1.165, 1.54) is 0 Å². The molecule has 2 unspecified atom stereocenters. The zero-order valence-electron chi connectivity index (χ0n) is 9.06. The molecule has 15 heavy (non-hydrogen) atoms. The van der Waals surface area contributed by atoms with Crippen LogP contribution in [0.5, 0.6) is 0 Å². The van der Waals surface area contributed by atoms with Gasteiger partial charge in [0.25, 0.3) is 0 Å². The fraction of sp³-hybridized carbons (Fsp3) is 1.00. The van der Waals surface area contributed by atoms with Crippen LogP contribution in [0.25, 0.3) is 0 Å². The van der Waals surface area contributed by atoms with Crippen LogP contribution in [0.1, 0.15) is 32.1 Å². The van der Waals surface area contributed by atoms with Crippen molar-refractivity contribution in [2.24, 2.45) is 5.73 Å². The van der Waals surface area contributed by atoms with E-state index >= 15 is 0 Å². The molecule has 0 heterocycles. The maximum Gasteiger partial charge on any atom is 0.390 e. The molecule has 0 aromatic rings. The summed E-state index contributed by atoms with van der Waals surface area (Å²) in [6.07, 6.45) is -0.942. The second-order valence-corrected chi connectivity index (χ2v) is 4.43. The van der Waals surface area contributed by atoms with Gasteiger partial charge in [-0.15, -0.1) is 0 Å². The van der Waals surface area contributed by atoms with Crippen LogP contribution in [0, 0.1) is 0 Å². The third-order valence-corrected chi connectivity index (χ3v) is 3.06. The molecule has 1 aliphatic rings. The third kappa shape index (κ3) is 4.84. The Morgan fingerprint density at radius 1 is 1.33 bits per heavy atom. The predicted octanol–water partition coefficient (Wildman–Crippen LogP) is 2.14. The molecule has 0 aromatic heterocycles. The van der Waals surface area contributed by atoms with Crippen LogP contribution in [0.15, 0.2) is 0 Å². The fourth-order valence-electron chi connectivity index (χ4n) is 2.09. The first kappa shape index (κ1) is 12.8. The van der Waals surface area contributed by atoms with Gasteiger partial charge in [-0.25, -0.2) is 0 Å². The molecule has 0 spiro atoms. The molecule has 2 N–H and O–H groups in total. The van der Waals surface area contributed by atoms with Crippen molar-refractivity contribution in [2.45, 2.75) is 50.4 Å². The lowest BCUT2D eigenvalue weighted by Gasteiger charge is -2.34. The quantitative estimate of drug-likeness (QED) is 0.795. The summed E-state index contributed by atoms with van der Waals surface area (Å²) in [5.74, 6) is 0. The number of nitrogens with two attached hydrogens (primary N) is 1. The first-order valence-corrected chi connectivity index (χ1v) is 5.41. The Bertz CT molecular complexity index is 194. The first-order valence-electron chi connectivity index (χ1n) is 5.41. The van der Waals surface area contributed by atoms with Crippen LogP contribution in [-0.4, -0.2) is 36.8 Å². The van der Waals surface area contributed by atoms with Crippen LogP contribution in [0.3, 0.4) is 0 Å². The number of hydrogen-bond donors (Lipinski definition) is 1. The summed E-state index contributed by atoms with van der Waals surface area (Å²) in [6, 6.07) is 0.396. The Morgan fingerprint density at radius 2 is 2.00 bits per heavy atom. The van der Waals surface area contributed by atoms with E-state index in [1.54, 1.807) is 11.9 Å². The highest BCUT2D eigenvalue weighted by Crippen LogP contribution is 2.24.